The van der Waals surface area contributed by atoms with Crippen molar-refractivity contribution in [1.29, 1.82) is 0 Å². The summed E-state index contributed by atoms with van der Waals surface area (Å²) in [4.78, 5) is 0. The summed E-state index contributed by atoms with van der Waals surface area (Å²) in [6.07, 6.45) is 0.521. The molecule has 1 heterocycles. The maximum absolute atomic E-state index is 9.14. The highest BCUT2D eigenvalue weighted by atomic mass is 16.6. The first-order valence-electron chi connectivity index (χ1n) is 3.55. The van der Waals surface area contributed by atoms with Crippen molar-refractivity contribution in [3.63, 3.8) is 0 Å². The summed E-state index contributed by atoms with van der Waals surface area (Å²) in [5.74, 6) is 0.898. The maximum Gasteiger partial charge on any atom is 0.157 e. The van der Waals surface area contributed by atoms with Crippen LogP contribution < -0.4 is 0 Å². The van der Waals surface area contributed by atoms with Gasteiger partial charge >= 0.3 is 0 Å². The zero-order valence-electron chi connectivity index (χ0n) is 6.00. The number of rotatable bonds is 1. The third-order valence-electron chi connectivity index (χ3n) is 2.10. The lowest BCUT2D eigenvalue weighted by Gasteiger charge is -2.12. The molecule has 0 saturated carbocycles. The molecule has 0 radical (unpaired) electrons. The van der Waals surface area contributed by atoms with Gasteiger partial charge in [0.15, 0.2) is 6.29 Å². The van der Waals surface area contributed by atoms with E-state index >= 15 is 0 Å². The molecule has 0 aromatic carbocycles. The average molecular weight is 130 g/mol. The number of ether oxygens (including phenoxy) is 1. The lowest BCUT2D eigenvalue weighted by atomic mass is 9.94. The molecular formula is C7H14O2. The van der Waals surface area contributed by atoms with E-state index in [0.29, 0.717) is 11.8 Å². The van der Waals surface area contributed by atoms with E-state index in [1.54, 1.807) is 0 Å². The molecule has 0 aromatic rings. The highest BCUT2D eigenvalue weighted by molar-refractivity contribution is 4.72. The van der Waals surface area contributed by atoms with Crippen LogP contribution in [0.25, 0.3) is 0 Å². The largest absolute Gasteiger partial charge is 0.368 e. The van der Waals surface area contributed by atoms with Crippen LogP contribution in [0.5, 0.6) is 0 Å². The van der Waals surface area contributed by atoms with E-state index in [1.165, 1.54) is 0 Å². The Kier molecular flexibility index (Phi) is 2.09. The second-order valence-corrected chi connectivity index (χ2v) is 2.77. The summed E-state index contributed by atoms with van der Waals surface area (Å²) < 4.78 is 5.02. The molecule has 0 aromatic heterocycles. The fourth-order valence-corrected chi connectivity index (χ4v) is 1.38. The molecule has 2 unspecified atom stereocenters. The molecule has 9 heavy (non-hydrogen) atoms. The van der Waals surface area contributed by atoms with Crippen molar-refractivity contribution < 1.29 is 9.84 Å². The van der Waals surface area contributed by atoms with Gasteiger partial charge in [0.1, 0.15) is 0 Å². The van der Waals surface area contributed by atoms with Crippen LogP contribution in [0.1, 0.15) is 20.3 Å². The molecule has 0 amide bonds. The second-order valence-electron chi connectivity index (χ2n) is 2.77. The molecule has 0 aliphatic carbocycles. The molecule has 1 saturated heterocycles. The summed E-state index contributed by atoms with van der Waals surface area (Å²) >= 11 is 0. The van der Waals surface area contributed by atoms with E-state index in [2.05, 4.69) is 13.8 Å². The van der Waals surface area contributed by atoms with Gasteiger partial charge in [0.05, 0.1) is 6.61 Å². The molecule has 3 atom stereocenters. The van der Waals surface area contributed by atoms with Crippen LogP contribution in [0.4, 0.5) is 0 Å². The summed E-state index contributed by atoms with van der Waals surface area (Å²) in [6, 6.07) is 0. The first-order valence-corrected chi connectivity index (χ1v) is 3.55. The van der Waals surface area contributed by atoms with Gasteiger partial charge < -0.3 is 9.84 Å². The lowest BCUT2D eigenvalue weighted by Crippen LogP contribution is -2.17. The predicted octanol–water partition coefficient (Wildman–Crippen LogP) is 0.997. The monoisotopic (exact) mass is 130 g/mol. The van der Waals surface area contributed by atoms with Gasteiger partial charge in [0.25, 0.3) is 0 Å². The fourth-order valence-electron chi connectivity index (χ4n) is 1.38. The van der Waals surface area contributed by atoms with Gasteiger partial charge in [-0.2, -0.15) is 0 Å². The quantitative estimate of drug-likeness (QED) is 0.573. The minimum absolute atomic E-state index is 0.366. The summed E-state index contributed by atoms with van der Waals surface area (Å²) in [5, 5.41) is 9.14. The van der Waals surface area contributed by atoms with E-state index in [-0.39, 0.29) is 0 Å². The predicted molar refractivity (Wildman–Crippen MR) is 34.9 cm³/mol. The van der Waals surface area contributed by atoms with E-state index < -0.39 is 6.29 Å². The molecule has 2 heteroatoms. The third kappa shape index (κ3) is 1.25. The SMILES string of the molecule is CCC1C(C)CO[C@H]1O. The first-order chi connectivity index (χ1) is 4.25. The molecule has 1 N–H and O–H groups in total. The van der Waals surface area contributed by atoms with Crippen molar-refractivity contribution >= 4 is 0 Å². The number of aliphatic hydroxyl groups is 1. The van der Waals surface area contributed by atoms with Gasteiger partial charge in [-0.3, -0.25) is 0 Å². The van der Waals surface area contributed by atoms with Crippen molar-refractivity contribution in [2.45, 2.75) is 26.6 Å². The minimum atomic E-state index is -0.495. The Morgan fingerprint density at radius 1 is 1.67 bits per heavy atom. The molecule has 1 fully saturated rings. The van der Waals surface area contributed by atoms with Crippen LogP contribution in [-0.4, -0.2) is 18.0 Å². The zero-order chi connectivity index (χ0) is 6.85. The first kappa shape index (κ1) is 7.03. The summed E-state index contributed by atoms with van der Waals surface area (Å²) in [6.45, 7) is 4.92. The van der Waals surface area contributed by atoms with Gasteiger partial charge in [0, 0.05) is 5.92 Å². The van der Waals surface area contributed by atoms with Crippen molar-refractivity contribution in [1.82, 2.24) is 0 Å². The van der Waals surface area contributed by atoms with Crippen LogP contribution in [0.2, 0.25) is 0 Å². The molecule has 1 aliphatic heterocycles. The van der Waals surface area contributed by atoms with Gasteiger partial charge in [-0.15, -0.1) is 0 Å². The zero-order valence-corrected chi connectivity index (χ0v) is 6.00. The standard InChI is InChI=1S/C7H14O2/c1-3-6-5(2)4-9-7(6)8/h5-8H,3-4H2,1-2H3/t5?,6?,7-/m1/s1. The molecule has 1 aliphatic rings. The molecule has 0 bridgehead atoms. The van der Waals surface area contributed by atoms with Crippen LogP contribution in [-0.2, 0) is 4.74 Å². The van der Waals surface area contributed by atoms with Crippen molar-refractivity contribution in [3.8, 4) is 0 Å². The minimum Gasteiger partial charge on any atom is -0.368 e. The normalized spacial score (nSPS) is 43.7. The summed E-state index contributed by atoms with van der Waals surface area (Å²) in [5.41, 5.74) is 0. The fraction of sp³-hybridized carbons (Fsp3) is 1.00. The second kappa shape index (κ2) is 2.67. The van der Waals surface area contributed by atoms with Crippen molar-refractivity contribution in [2.75, 3.05) is 6.61 Å². The van der Waals surface area contributed by atoms with Crippen LogP contribution in [0.3, 0.4) is 0 Å². The smallest absolute Gasteiger partial charge is 0.157 e. The Bertz CT molecular complexity index is 82.9. The molecule has 54 valence electrons. The third-order valence-corrected chi connectivity index (χ3v) is 2.10. The molecule has 0 spiro atoms. The van der Waals surface area contributed by atoms with E-state index in [9.17, 15) is 0 Å². The highest BCUT2D eigenvalue weighted by Crippen LogP contribution is 2.27. The average Bonchev–Trinajstić information content (AvgIpc) is 2.12. The van der Waals surface area contributed by atoms with E-state index in [1.807, 2.05) is 0 Å². The van der Waals surface area contributed by atoms with E-state index in [0.717, 1.165) is 13.0 Å². The van der Waals surface area contributed by atoms with Gasteiger partial charge in [-0.1, -0.05) is 13.8 Å². The van der Waals surface area contributed by atoms with Crippen molar-refractivity contribution in [3.05, 3.63) is 0 Å². The summed E-state index contributed by atoms with van der Waals surface area (Å²) in [7, 11) is 0. The van der Waals surface area contributed by atoms with Crippen LogP contribution in [0.15, 0.2) is 0 Å². The maximum atomic E-state index is 9.14. The lowest BCUT2D eigenvalue weighted by molar-refractivity contribution is -0.0826. The Balaban J connectivity index is 2.44. The number of hydrogen-bond acceptors (Lipinski definition) is 2. The Morgan fingerprint density at radius 2 is 2.33 bits per heavy atom. The Hall–Kier alpha value is -0.0800. The van der Waals surface area contributed by atoms with Crippen molar-refractivity contribution in [2.24, 2.45) is 11.8 Å². The van der Waals surface area contributed by atoms with Gasteiger partial charge in [-0.05, 0) is 12.3 Å². The number of hydrogen-bond donors (Lipinski definition) is 1. The molecule has 1 rings (SSSR count). The van der Waals surface area contributed by atoms with Crippen LogP contribution >= 0.6 is 0 Å². The van der Waals surface area contributed by atoms with E-state index in [4.69, 9.17) is 9.84 Å². The Morgan fingerprint density at radius 3 is 2.56 bits per heavy atom. The van der Waals surface area contributed by atoms with Gasteiger partial charge in [-0.25, -0.2) is 0 Å². The topological polar surface area (TPSA) is 29.5 Å². The molecular weight excluding hydrogens is 116 g/mol. The van der Waals surface area contributed by atoms with Crippen LogP contribution in [0, 0.1) is 11.8 Å². The number of aliphatic hydroxyl groups excluding tert-OH is 1. The molecule has 2 nitrogen and oxygen atoms in total. The van der Waals surface area contributed by atoms with Gasteiger partial charge in [0.2, 0.25) is 0 Å². The Labute approximate surface area is 55.8 Å². The highest BCUT2D eigenvalue weighted by Gasteiger charge is 2.30.